The molecule has 25 heavy (non-hydrogen) atoms. The third kappa shape index (κ3) is 3.34. The van der Waals surface area contributed by atoms with Gasteiger partial charge in [-0.05, 0) is 24.0 Å². The van der Waals surface area contributed by atoms with E-state index in [9.17, 15) is 18.0 Å². The highest BCUT2D eigenvalue weighted by Crippen LogP contribution is 2.37. The zero-order valence-electron chi connectivity index (χ0n) is 13.4. The lowest BCUT2D eigenvalue weighted by Crippen LogP contribution is -2.37. The van der Waals surface area contributed by atoms with Crippen LogP contribution in [0.2, 0.25) is 0 Å². The van der Waals surface area contributed by atoms with E-state index >= 15 is 0 Å². The summed E-state index contributed by atoms with van der Waals surface area (Å²) in [5.41, 5.74) is 1.12. The highest BCUT2D eigenvalue weighted by Gasteiger charge is 2.32. The normalized spacial score (nSPS) is 21.4. The van der Waals surface area contributed by atoms with Gasteiger partial charge in [-0.25, -0.2) is 13.4 Å². The first kappa shape index (κ1) is 16.0. The van der Waals surface area contributed by atoms with Crippen LogP contribution in [0, 0.1) is 0 Å². The van der Waals surface area contributed by atoms with Crippen molar-refractivity contribution in [1.82, 2.24) is 15.3 Å². The summed E-state index contributed by atoms with van der Waals surface area (Å²) in [5, 5.41) is 2.73. The molecule has 0 spiro atoms. The third-order valence-electron chi connectivity index (χ3n) is 4.49. The molecule has 1 atom stereocenters. The molecule has 1 unspecified atom stereocenters. The number of nitrogens with zero attached hydrogens (tertiary/aromatic N) is 1. The molecule has 0 saturated heterocycles. The number of hydrogen-bond acceptors (Lipinski definition) is 5. The molecule has 0 radical (unpaired) electrons. The molecular formula is C17H17N3O4S. The van der Waals surface area contributed by atoms with Gasteiger partial charge in [0.15, 0.2) is 9.84 Å². The minimum atomic E-state index is -3.30. The highest BCUT2D eigenvalue weighted by molar-refractivity contribution is 7.90. The number of aromatic nitrogens is 2. The van der Waals surface area contributed by atoms with Gasteiger partial charge in [0.25, 0.3) is 11.5 Å². The third-order valence-corrected chi connectivity index (χ3v) is 6.08. The number of amides is 1. The molecule has 1 fully saturated rings. The van der Waals surface area contributed by atoms with Gasteiger partial charge in [0.05, 0.1) is 17.5 Å². The molecule has 2 aromatic rings. The van der Waals surface area contributed by atoms with Gasteiger partial charge < -0.3 is 10.3 Å². The molecule has 2 aliphatic rings. The van der Waals surface area contributed by atoms with E-state index in [0.29, 0.717) is 11.4 Å². The predicted octanol–water partition coefficient (Wildman–Crippen LogP) is 1.05. The number of carbonyl (C=O) groups excluding carboxylic acids is 1. The largest absolute Gasteiger partial charge is 0.343 e. The van der Waals surface area contributed by atoms with Crippen LogP contribution in [0.3, 0.4) is 0 Å². The molecule has 1 amide bonds. The first-order chi connectivity index (χ1) is 11.9. The van der Waals surface area contributed by atoms with Crippen LogP contribution in [0.5, 0.6) is 0 Å². The van der Waals surface area contributed by atoms with E-state index in [1.165, 1.54) is 0 Å². The van der Waals surface area contributed by atoms with Crippen LogP contribution in [-0.2, 0) is 15.6 Å². The predicted molar refractivity (Wildman–Crippen MR) is 91.0 cm³/mol. The molecule has 8 heteroatoms. The number of sulfone groups is 1. The minimum absolute atomic E-state index is 0.0195. The first-order valence-electron chi connectivity index (χ1n) is 8.12. The van der Waals surface area contributed by atoms with Gasteiger partial charge in [0.1, 0.15) is 11.5 Å². The zero-order valence-corrected chi connectivity index (χ0v) is 14.2. The van der Waals surface area contributed by atoms with Crippen molar-refractivity contribution in [2.45, 2.75) is 30.6 Å². The summed E-state index contributed by atoms with van der Waals surface area (Å²) in [7, 11) is -3.30. The molecule has 2 heterocycles. The number of H-pyrrole nitrogens is 1. The summed E-state index contributed by atoms with van der Waals surface area (Å²) in [6.45, 7) is 0. The quantitative estimate of drug-likeness (QED) is 0.851. The lowest BCUT2D eigenvalue weighted by molar-refractivity contribution is 0.0934. The molecule has 4 rings (SSSR count). The fraction of sp³-hybridized carbons (Fsp3) is 0.353. The number of rotatable bonds is 3. The summed E-state index contributed by atoms with van der Waals surface area (Å²) in [6, 6.07) is 7.65. The topological polar surface area (TPSA) is 109 Å². The maximum Gasteiger partial charge on any atom is 0.270 e. The molecule has 1 aliphatic heterocycles. The summed E-state index contributed by atoms with van der Waals surface area (Å²) >= 11 is 0. The van der Waals surface area contributed by atoms with Crippen LogP contribution >= 0.6 is 0 Å². The zero-order chi connectivity index (χ0) is 17.6. The Morgan fingerprint density at radius 1 is 1.24 bits per heavy atom. The average molecular weight is 359 g/mol. The van der Waals surface area contributed by atoms with Gasteiger partial charge in [-0.15, -0.1) is 0 Å². The van der Waals surface area contributed by atoms with Crippen molar-refractivity contribution in [3.05, 3.63) is 63.3 Å². The lowest BCUT2D eigenvalue weighted by Gasteiger charge is -2.26. The number of hydrogen-bond donors (Lipinski definition) is 2. The lowest BCUT2D eigenvalue weighted by atomic mass is 10.0. The molecule has 1 aliphatic carbocycles. The van der Waals surface area contributed by atoms with Gasteiger partial charge in [0.2, 0.25) is 0 Å². The second kappa shape index (κ2) is 5.80. The molecule has 2 N–H and O–H groups in total. The molecule has 130 valence electrons. The number of fused-ring (bicyclic) bond motifs is 1. The Balaban J connectivity index is 1.64. The van der Waals surface area contributed by atoms with Crippen LogP contribution in [0.25, 0.3) is 0 Å². The minimum Gasteiger partial charge on any atom is -0.343 e. The number of carbonyl (C=O) groups is 1. The van der Waals surface area contributed by atoms with Crippen LogP contribution in [-0.4, -0.2) is 30.0 Å². The van der Waals surface area contributed by atoms with Gasteiger partial charge in [0, 0.05) is 12.0 Å². The molecular weight excluding hydrogens is 342 g/mol. The Bertz CT molecular complexity index is 1010. The Kier molecular flexibility index (Phi) is 3.72. The Hall–Kier alpha value is -2.48. The fourth-order valence-electron chi connectivity index (χ4n) is 3.14. The van der Waals surface area contributed by atoms with E-state index < -0.39 is 21.8 Å². The van der Waals surface area contributed by atoms with E-state index in [4.69, 9.17) is 0 Å². The molecule has 1 aromatic carbocycles. The second-order valence-electron chi connectivity index (χ2n) is 6.57. The van der Waals surface area contributed by atoms with Crippen LogP contribution in [0.1, 0.15) is 52.2 Å². The van der Waals surface area contributed by atoms with Crippen molar-refractivity contribution in [3.63, 3.8) is 0 Å². The summed E-state index contributed by atoms with van der Waals surface area (Å²) in [4.78, 5) is 31.2. The van der Waals surface area contributed by atoms with Crippen LogP contribution < -0.4 is 10.9 Å². The Morgan fingerprint density at radius 3 is 2.76 bits per heavy atom. The number of nitrogens with one attached hydrogen (secondary N) is 2. The van der Waals surface area contributed by atoms with Crippen LogP contribution in [0.4, 0.5) is 0 Å². The van der Waals surface area contributed by atoms with Crippen molar-refractivity contribution in [3.8, 4) is 0 Å². The highest BCUT2D eigenvalue weighted by atomic mass is 32.2. The summed E-state index contributed by atoms with van der Waals surface area (Å²) < 4.78 is 24.3. The smallest absolute Gasteiger partial charge is 0.270 e. The Labute approximate surface area is 144 Å². The number of benzene rings is 1. The summed E-state index contributed by atoms with van der Waals surface area (Å²) in [5.74, 6) is 0.00874. The standard InChI is InChI=1S/C17H17N3O4S/c21-15-7-13(18-16(20-15)10-5-6-10)17(22)19-14-9-25(23,24)8-11-3-1-2-4-12(11)14/h1-4,7,10,14H,5-6,8-9H2,(H,19,22)(H,18,20,21). The van der Waals surface area contributed by atoms with Crippen molar-refractivity contribution in [2.24, 2.45) is 0 Å². The van der Waals surface area contributed by atoms with Crippen LogP contribution in [0.15, 0.2) is 35.1 Å². The molecule has 7 nitrogen and oxygen atoms in total. The van der Waals surface area contributed by atoms with E-state index in [-0.39, 0.29) is 28.7 Å². The van der Waals surface area contributed by atoms with E-state index in [1.54, 1.807) is 12.1 Å². The van der Waals surface area contributed by atoms with Gasteiger partial charge >= 0.3 is 0 Å². The van der Waals surface area contributed by atoms with Gasteiger partial charge in [-0.3, -0.25) is 9.59 Å². The molecule has 1 saturated carbocycles. The van der Waals surface area contributed by atoms with Crippen molar-refractivity contribution >= 4 is 15.7 Å². The van der Waals surface area contributed by atoms with E-state index in [0.717, 1.165) is 24.5 Å². The van der Waals surface area contributed by atoms with Crippen molar-refractivity contribution < 1.29 is 13.2 Å². The second-order valence-corrected chi connectivity index (χ2v) is 8.68. The first-order valence-corrected chi connectivity index (χ1v) is 9.94. The van der Waals surface area contributed by atoms with Crippen molar-refractivity contribution in [1.29, 1.82) is 0 Å². The monoisotopic (exact) mass is 359 g/mol. The van der Waals surface area contributed by atoms with Gasteiger partial charge in [-0.2, -0.15) is 0 Å². The van der Waals surface area contributed by atoms with Gasteiger partial charge in [-0.1, -0.05) is 24.3 Å². The maximum atomic E-state index is 12.6. The number of aromatic amines is 1. The SMILES string of the molecule is O=C(NC1CS(=O)(=O)Cc2ccccc21)c1cc(=O)[nH]c(C2CC2)n1. The van der Waals surface area contributed by atoms with E-state index in [2.05, 4.69) is 15.3 Å². The summed E-state index contributed by atoms with van der Waals surface area (Å²) in [6.07, 6.45) is 1.89. The average Bonchev–Trinajstić information content (AvgIpc) is 3.38. The maximum absolute atomic E-state index is 12.6. The molecule has 0 bridgehead atoms. The molecule has 1 aromatic heterocycles. The van der Waals surface area contributed by atoms with Crippen molar-refractivity contribution in [2.75, 3.05) is 5.75 Å². The van der Waals surface area contributed by atoms with E-state index in [1.807, 2.05) is 12.1 Å². The fourth-order valence-corrected chi connectivity index (χ4v) is 4.77. The Morgan fingerprint density at radius 2 is 2.00 bits per heavy atom.